The second-order valence-electron chi connectivity index (χ2n) is 9.50. The molecule has 0 aromatic heterocycles. The fourth-order valence-electron chi connectivity index (χ4n) is 6.15. The molecule has 2 saturated carbocycles. The first-order chi connectivity index (χ1) is 14.9. The average molecular weight is 417 g/mol. The molecule has 2 bridgehead atoms. The number of fused-ring (bicyclic) bond motifs is 5. The van der Waals surface area contributed by atoms with Crippen molar-refractivity contribution in [1.29, 1.82) is 0 Å². The number of hydrogen-bond donors (Lipinski definition) is 1. The minimum Gasteiger partial charge on any atom is -0.324 e. The number of rotatable bonds is 5. The standard InChI is InChI=1S/C26H28N2O3/c1-15-10-16(2)12-20(11-15)27-24(29)21(13-17-6-4-3-5-7-17)28-25(30)22-18-8-9-19(14-18)23(22)26(28)31/h3-7,10-12,18-19,21-23H,8-9,13-14H2,1-2H3,(H,27,29)/t18-,19+,21-,22-,23+/m0/s1. The number of benzene rings is 2. The lowest BCUT2D eigenvalue weighted by Gasteiger charge is -2.27. The van der Waals surface area contributed by atoms with Gasteiger partial charge < -0.3 is 5.32 Å². The molecule has 31 heavy (non-hydrogen) atoms. The normalized spacial score (nSPS) is 27.5. The first kappa shape index (κ1) is 20.0. The molecule has 1 N–H and O–H groups in total. The molecule has 1 heterocycles. The van der Waals surface area contributed by atoms with E-state index in [2.05, 4.69) is 5.32 Å². The summed E-state index contributed by atoms with van der Waals surface area (Å²) < 4.78 is 0. The van der Waals surface area contributed by atoms with Crippen LogP contribution in [0.5, 0.6) is 0 Å². The molecule has 1 aliphatic heterocycles. The Balaban J connectivity index is 1.46. The zero-order valence-electron chi connectivity index (χ0n) is 18.0. The highest BCUT2D eigenvalue weighted by Crippen LogP contribution is 2.56. The van der Waals surface area contributed by atoms with Crippen LogP contribution in [0.2, 0.25) is 0 Å². The Morgan fingerprint density at radius 3 is 2.13 bits per heavy atom. The van der Waals surface area contributed by atoms with Crippen LogP contribution in [0.15, 0.2) is 48.5 Å². The van der Waals surface area contributed by atoms with E-state index in [1.54, 1.807) is 0 Å². The van der Waals surface area contributed by atoms with Gasteiger partial charge in [-0.25, -0.2) is 0 Å². The van der Waals surface area contributed by atoms with Gasteiger partial charge in [0.05, 0.1) is 11.8 Å². The third kappa shape index (κ3) is 3.46. The molecule has 160 valence electrons. The molecule has 5 heteroatoms. The van der Waals surface area contributed by atoms with Gasteiger partial charge in [-0.2, -0.15) is 0 Å². The monoisotopic (exact) mass is 416 g/mol. The van der Waals surface area contributed by atoms with E-state index in [0.717, 1.165) is 36.0 Å². The fourth-order valence-corrected chi connectivity index (χ4v) is 6.15. The second-order valence-corrected chi connectivity index (χ2v) is 9.50. The number of anilines is 1. The van der Waals surface area contributed by atoms with Gasteiger partial charge in [0, 0.05) is 12.1 Å². The highest BCUT2D eigenvalue weighted by molar-refractivity contribution is 6.10. The number of hydrogen-bond acceptors (Lipinski definition) is 3. The van der Waals surface area contributed by atoms with Crippen molar-refractivity contribution in [3.8, 4) is 0 Å². The molecule has 5 nitrogen and oxygen atoms in total. The largest absolute Gasteiger partial charge is 0.324 e. The molecule has 1 saturated heterocycles. The Kier molecular flexibility index (Phi) is 4.92. The molecule has 2 aromatic rings. The Hall–Kier alpha value is -2.95. The van der Waals surface area contributed by atoms with Gasteiger partial charge in [-0.1, -0.05) is 36.4 Å². The lowest BCUT2D eigenvalue weighted by atomic mass is 9.81. The lowest BCUT2D eigenvalue weighted by Crippen LogP contribution is -2.49. The topological polar surface area (TPSA) is 66.5 Å². The van der Waals surface area contributed by atoms with Crippen molar-refractivity contribution in [3.05, 3.63) is 65.2 Å². The summed E-state index contributed by atoms with van der Waals surface area (Å²) in [6.07, 6.45) is 3.36. The van der Waals surface area contributed by atoms with Crippen LogP contribution in [0.1, 0.15) is 36.0 Å². The first-order valence-corrected chi connectivity index (χ1v) is 11.2. The van der Waals surface area contributed by atoms with E-state index in [1.165, 1.54) is 4.90 Å². The van der Waals surface area contributed by atoms with Gasteiger partial charge in [0.25, 0.3) is 0 Å². The SMILES string of the molecule is Cc1cc(C)cc(NC(=O)[C@H](Cc2ccccc2)N2C(=O)[C@@H]3[C@@H]4CC[C@@H](C4)[C@@H]3C2=O)c1. The third-order valence-corrected chi connectivity index (χ3v) is 7.34. The molecular weight excluding hydrogens is 388 g/mol. The molecule has 0 radical (unpaired) electrons. The van der Waals surface area contributed by atoms with E-state index in [1.807, 2.05) is 62.4 Å². The molecule has 2 aliphatic carbocycles. The van der Waals surface area contributed by atoms with Crippen LogP contribution in [0.4, 0.5) is 5.69 Å². The molecule has 0 unspecified atom stereocenters. The van der Waals surface area contributed by atoms with Crippen LogP contribution in [-0.2, 0) is 20.8 Å². The maximum absolute atomic E-state index is 13.5. The lowest BCUT2D eigenvalue weighted by molar-refractivity contribution is -0.147. The third-order valence-electron chi connectivity index (χ3n) is 7.34. The van der Waals surface area contributed by atoms with Crippen molar-refractivity contribution in [3.63, 3.8) is 0 Å². The van der Waals surface area contributed by atoms with Gasteiger partial charge in [0.15, 0.2) is 0 Å². The molecular formula is C26H28N2O3. The van der Waals surface area contributed by atoms with Crippen molar-refractivity contribution in [2.45, 2.75) is 45.6 Å². The smallest absolute Gasteiger partial charge is 0.248 e. The zero-order valence-corrected chi connectivity index (χ0v) is 18.0. The number of carbonyl (C=O) groups excluding carboxylic acids is 3. The van der Waals surface area contributed by atoms with Crippen LogP contribution in [0.25, 0.3) is 0 Å². The Morgan fingerprint density at radius 2 is 1.55 bits per heavy atom. The summed E-state index contributed by atoms with van der Waals surface area (Å²) in [4.78, 5) is 41.6. The van der Waals surface area contributed by atoms with Crippen LogP contribution in [0.3, 0.4) is 0 Å². The van der Waals surface area contributed by atoms with Crippen LogP contribution < -0.4 is 5.32 Å². The minimum absolute atomic E-state index is 0.140. The van der Waals surface area contributed by atoms with Crippen molar-refractivity contribution < 1.29 is 14.4 Å². The highest BCUT2D eigenvalue weighted by atomic mass is 16.2. The van der Waals surface area contributed by atoms with Crippen LogP contribution in [-0.4, -0.2) is 28.7 Å². The van der Waals surface area contributed by atoms with E-state index in [9.17, 15) is 14.4 Å². The van der Waals surface area contributed by atoms with Crippen molar-refractivity contribution in [1.82, 2.24) is 4.90 Å². The van der Waals surface area contributed by atoms with E-state index in [0.29, 0.717) is 23.9 Å². The Bertz CT molecular complexity index is 1000. The predicted octanol–water partition coefficient (Wildman–Crippen LogP) is 3.88. The van der Waals surface area contributed by atoms with Gasteiger partial charge in [-0.15, -0.1) is 0 Å². The number of nitrogens with zero attached hydrogens (tertiary/aromatic N) is 1. The van der Waals surface area contributed by atoms with E-state index < -0.39 is 6.04 Å². The van der Waals surface area contributed by atoms with Crippen molar-refractivity contribution in [2.24, 2.45) is 23.7 Å². The van der Waals surface area contributed by atoms with E-state index >= 15 is 0 Å². The Morgan fingerprint density at radius 1 is 0.968 bits per heavy atom. The van der Waals surface area contributed by atoms with Crippen molar-refractivity contribution in [2.75, 3.05) is 5.32 Å². The average Bonchev–Trinajstić information content (AvgIpc) is 3.40. The van der Waals surface area contributed by atoms with Gasteiger partial charge in [0.2, 0.25) is 17.7 Å². The quantitative estimate of drug-likeness (QED) is 0.752. The molecule has 3 fully saturated rings. The molecule has 5 atom stereocenters. The van der Waals surface area contributed by atoms with Crippen LogP contribution >= 0.6 is 0 Å². The minimum atomic E-state index is -0.840. The molecule has 3 aliphatic rings. The summed E-state index contributed by atoms with van der Waals surface area (Å²) in [5, 5.41) is 2.98. The first-order valence-electron chi connectivity index (χ1n) is 11.2. The fraction of sp³-hybridized carbons (Fsp3) is 0.423. The summed E-state index contributed by atoms with van der Waals surface area (Å²) in [7, 11) is 0. The van der Waals surface area contributed by atoms with Gasteiger partial charge >= 0.3 is 0 Å². The summed E-state index contributed by atoms with van der Waals surface area (Å²) >= 11 is 0. The number of carbonyl (C=O) groups is 3. The molecule has 0 spiro atoms. The summed E-state index contributed by atoms with van der Waals surface area (Å²) in [6, 6.07) is 14.6. The van der Waals surface area contributed by atoms with Gasteiger partial charge in [0.1, 0.15) is 6.04 Å². The summed E-state index contributed by atoms with van der Waals surface area (Å²) in [5.74, 6) is -0.426. The van der Waals surface area contributed by atoms with Gasteiger partial charge in [-0.3, -0.25) is 19.3 Å². The highest BCUT2D eigenvalue weighted by Gasteiger charge is 2.62. The maximum Gasteiger partial charge on any atom is 0.248 e. The molecule has 2 aromatic carbocycles. The van der Waals surface area contributed by atoms with E-state index in [-0.39, 0.29) is 29.6 Å². The maximum atomic E-state index is 13.5. The molecule has 3 amide bonds. The van der Waals surface area contributed by atoms with E-state index in [4.69, 9.17) is 0 Å². The van der Waals surface area contributed by atoms with Crippen molar-refractivity contribution >= 4 is 23.4 Å². The summed E-state index contributed by atoms with van der Waals surface area (Å²) in [6.45, 7) is 3.96. The zero-order chi connectivity index (χ0) is 21.7. The number of imide groups is 1. The second kappa shape index (κ2) is 7.63. The Labute approximate surface area is 182 Å². The molecule has 5 rings (SSSR count). The number of likely N-dealkylation sites (tertiary alicyclic amines) is 1. The number of amides is 3. The number of nitrogens with one attached hydrogen (secondary N) is 1. The predicted molar refractivity (Wildman–Crippen MR) is 118 cm³/mol. The van der Waals surface area contributed by atoms with Gasteiger partial charge in [-0.05, 0) is 73.8 Å². The van der Waals surface area contributed by atoms with Crippen LogP contribution in [0, 0.1) is 37.5 Å². The summed E-state index contributed by atoms with van der Waals surface area (Å²) in [5.41, 5.74) is 3.73. The number of aryl methyl sites for hydroxylation is 2.